The topological polar surface area (TPSA) is 18.5 Å². The molecule has 0 amide bonds. The van der Waals surface area contributed by atoms with E-state index in [9.17, 15) is 0 Å². The van der Waals surface area contributed by atoms with Gasteiger partial charge in [0.05, 0.1) is 0 Å². The van der Waals surface area contributed by atoms with E-state index < -0.39 is 0 Å². The molecule has 2 aliphatic carbocycles. The van der Waals surface area contributed by atoms with E-state index in [-0.39, 0.29) is 0 Å². The van der Waals surface area contributed by atoms with Crippen LogP contribution in [0.2, 0.25) is 0 Å². The van der Waals surface area contributed by atoms with Crippen LogP contribution in [-0.4, -0.2) is 26.4 Å². The number of hydrogen-bond acceptors (Lipinski definition) is 2. The van der Waals surface area contributed by atoms with Gasteiger partial charge in [0.1, 0.15) is 0 Å². The summed E-state index contributed by atoms with van der Waals surface area (Å²) in [5.41, 5.74) is 0. The molecule has 2 nitrogen and oxygen atoms in total. The Labute approximate surface area is 106 Å². The third-order valence-corrected chi connectivity index (χ3v) is 4.29. The quantitative estimate of drug-likeness (QED) is 0.641. The van der Waals surface area contributed by atoms with Crippen LogP contribution in [0.15, 0.2) is 0 Å². The van der Waals surface area contributed by atoms with Gasteiger partial charge < -0.3 is 9.47 Å². The standard InChI is InChI=1S/C7H12.2C4H8O/c1-2-7-4-3-6(1)5-7;2*1-2-4-5-3-1/h6-7H,1-5H2;2*1-4H2. The van der Waals surface area contributed by atoms with E-state index in [4.69, 9.17) is 9.47 Å². The summed E-state index contributed by atoms with van der Waals surface area (Å²) in [6, 6.07) is 0. The molecule has 0 aromatic heterocycles. The first-order valence-electron chi connectivity index (χ1n) is 7.60. The zero-order chi connectivity index (χ0) is 11.8. The van der Waals surface area contributed by atoms with Crippen LogP contribution in [0.3, 0.4) is 0 Å². The van der Waals surface area contributed by atoms with Crippen molar-refractivity contribution < 1.29 is 9.47 Å². The molecular weight excluding hydrogens is 212 g/mol. The van der Waals surface area contributed by atoms with Crippen molar-refractivity contribution >= 4 is 0 Å². The summed E-state index contributed by atoms with van der Waals surface area (Å²) < 4.78 is 9.89. The van der Waals surface area contributed by atoms with Crippen molar-refractivity contribution in [3.8, 4) is 0 Å². The maximum atomic E-state index is 4.94. The molecule has 0 aromatic carbocycles. The fourth-order valence-corrected chi connectivity index (χ4v) is 3.19. The van der Waals surface area contributed by atoms with Gasteiger partial charge in [-0.3, -0.25) is 0 Å². The summed E-state index contributed by atoms with van der Waals surface area (Å²) in [5.74, 6) is 2.34. The van der Waals surface area contributed by atoms with E-state index >= 15 is 0 Å². The molecule has 4 aliphatic rings. The van der Waals surface area contributed by atoms with Crippen molar-refractivity contribution in [2.45, 2.75) is 57.8 Å². The third kappa shape index (κ3) is 5.39. The van der Waals surface area contributed by atoms with E-state index in [1.165, 1.54) is 37.5 Å². The lowest BCUT2D eigenvalue weighted by molar-refractivity contribution is 0.198. The summed E-state index contributed by atoms with van der Waals surface area (Å²) in [5, 5.41) is 0. The predicted molar refractivity (Wildman–Crippen MR) is 70.2 cm³/mol. The molecule has 2 heteroatoms. The Hall–Kier alpha value is -0.0800. The van der Waals surface area contributed by atoms with E-state index in [1.807, 2.05) is 0 Å². The lowest BCUT2D eigenvalue weighted by Crippen LogP contribution is -1.90. The van der Waals surface area contributed by atoms with Crippen LogP contribution in [0.4, 0.5) is 0 Å². The molecular formula is C15H28O2. The molecule has 0 atom stereocenters. The molecule has 4 fully saturated rings. The summed E-state index contributed by atoms with van der Waals surface area (Å²) in [7, 11) is 0. The zero-order valence-electron chi connectivity index (χ0n) is 11.2. The van der Waals surface area contributed by atoms with Gasteiger partial charge in [-0.15, -0.1) is 0 Å². The van der Waals surface area contributed by atoms with E-state index in [0.29, 0.717) is 0 Å². The van der Waals surface area contributed by atoms with Crippen LogP contribution in [0.5, 0.6) is 0 Å². The third-order valence-electron chi connectivity index (χ3n) is 4.29. The van der Waals surface area contributed by atoms with Crippen molar-refractivity contribution in [1.29, 1.82) is 0 Å². The Kier molecular flexibility index (Phi) is 6.36. The minimum Gasteiger partial charge on any atom is -0.381 e. The van der Waals surface area contributed by atoms with Crippen molar-refractivity contribution in [1.82, 2.24) is 0 Å². The van der Waals surface area contributed by atoms with E-state index in [0.717, 1.165) is 26.4 Å². The van der Waals surface area contributed by atoms with E-state index in [2.05, 4.69) is 0 Å². The molecule has 0 radical (unpaired) electrons. The highest BCUT2D eigenvalue weighted by molar-refractivity contribution is 4.82. The fourth-order valence-electron chi connectivity index (χ4n) is 3.19. The minimum atomic E-state index is 1.00. The average molecular weight is 240 g/mol. The number of fused-ring (bicyclic) bond motifs is 2. The van der Waals surface area contributed by atoms with Gasteiger partial charge in [0.2, 0.25) is 0 Å². The highest BCUT2D eigenvalue weighted by atomic mass is 16.5. The highest BCUT2D eigenvalue weighted by Gasteiger charge is 2.30. The molecule has 0 unspecified atom stereocenters. The highest BCUT2D eigenvalue weighted by Crippen LogP contribution is 2.43. The SMILES string of the molecule is C1CC2CCC1C2.C1CCOC1.C1CCOC1. The zero-order valence-corrected chi connectivity index (χ0v) is 11.2. The van der Waals surface area contributed by atoms with Crippen molar-refractivity contribution in [2.75, 3.05) is 26.4 Å². The predicted octanol–water partition coefficient (Wildman–Crippen LogP) is 3.79. The Balaban J connectivity index is 0.0000000980. The van der Waals surface area contributed by atoms with Gasteiger partial charge in [-0.2, -0.15) is 0 Å². The Morgan fingerprint density at radius 1 is 0.529 bits per heavy atom. The fraction of sp³-hybridized carbons (Fsp3) is 1.00. The Morgan fingerprint density at radius 2 is 0.882 bits per heavy atom. The first-order chi connectivity index (χ1) is 8.45. The van der Waals surface area contributed by atoms with Crippen LogP contribution in [0.25, 0.3) is 0 Å². The summed E-state index contributed by atoms with van der Waals surface area (Å²) in [4.78, 5) is 0. The average Bonchev–Trinajstić information content (AvgIpc) is 3.16. The molecule has 2 saturated carbocycles. The van der Waals surface area contributed by atoms with Gasteiger partial charge in [0, 0.05) is 26.4 Å². The number of hydrogen-bond donors (Lipinski definition) is 0. The monoisotopic (exact) mass is 240 g/mol. The normalized spacial score (nSPS) is 33.9. The number of rotatable bonds is 0. The molecule has 0 spiro atoms. The molecule has 100 valence electrons. The van der Waals surface area contributed by atoms with Crippen LogP contribution in [0.1, 0.15) is 57.8 Å². The van der Waals surface area contributed by atoms with Crippen LogP contribution >= 0.6 is 0 Å². The summed E-state index contributed by atoms with van der Waals surface area (Å²) in [6.07, 6.45) is 12.9. The molecule has 17 heavy (non-hydrogen) atoms. The Morgan fingerprint density at radius 3 is 1.00 bits per heavy atom. The van der Waals surface area contributed by atoms with Gasteiger partial charge in [-0.05, 0) is 43.9 Å². The Bertz CT molecular complexity index is 142. The smallest absolute Gasteiger partial charge is 0.0466 e. The van der Waals surface area contributed by atoms with E-state index in [1.54, 1.807) is 32.1 Å². The molecule has 2 bridgehead atoms. The molecule has 2 heterocycles. The molecule has 0 N–H and O–H groups in total. The van der Waals surface area contributed by atoms with Crippen LogP contribution in [-0.2, 0) is 9.47 Å². The second-order valence-corrected chi connectivity index (χ2v) is 5.76. The first kappa shape index (κ1) is 13.4. The molecule has 0 aromatic rings. The van der Waals surface area contributed by atoms with Crippen molar-refractivity contribution in [3.05, 3.63) is 0 Å². The number of ether oxygens (including phenoxy) is 2. The minimum absolute atomic E-state index is 1.00. The summed E-state index contributed by atoms with van der Waals surface area (Å²) in [6.45, 7) is 4.00. The van der Waals surface area contributed by atoms with Gasteiger partial charge in [-0.1, -0.05) is 25.7 Å². The molecule has 2 aliphatic heterocycles. The second-order valence-electron chi connectivity index (χ2n) is 5.76. The second kappa shape index (κ2) is 8.10. The van der Waals surface area contributed by atoms with Crippen LogP contribution in [0, 0.1) is 11.8 Å². The lowest BCUT2D eigenvalue weighted by Gasteiger charge is -2.05. The summed E-state index contributed by atoms with van der Waals surface area (Å²) >= 11 is 0. The van der Waals surface area contributed by atoms with Gasteiger partial charge in [0.15, 0.2) is 0 Å². The van der Waals surface area contributed by atoms with Crippen LogP contribution < -0.4 is 0 Å². The molecule has 2 saturated heterocycles. The van der Waals surface area contributed by atoms with Gasteiger partial charge in [0.25, 0.3) is 0 Å². The van der Waals surface area contributed by atoms with Gasteiger partial charge in [-0.25, -0.2) is 0 Å². The largest absolute Gasteiger partial charge is 0.381 e. The first-order valence-corrected chi connectivity index (χ1v) is 7.60. The maximum Gasteiger partial charge on any atom is 0.0466 e. The maximum absolute atomic E-state index is 4.94. The lowest BCUT2D eigenvalue weighted by atomic mass is 10.0. The van der Waals surface area contributed by atoms with Gasteiger partial charge >= 0.3 is 0 Å². The van der Waals surface area contributed by atoms with Crippen molar-refractivity contribution in [2.24, 2.45) is 11.8 Å². The molecule has 4 rings (SSSR count). The van der Waals surface area contributed by atoms with Crippen molar-refractivity contribution in [3.63, 3.8) is 0 Å².